The Morgan fingerprint density at radius 2 is 2.20 bits per heavy atom. The first-order valence-corrected chi connectivity index (χ1v) is 9.55. The summed E-state index contributed by atoms with van der Waals surface area (Å²) >= 11 is 6.10. The molecule has 0 saturated heterocycles. The first-order valence-electron chi connectivity index (χ1n) is 9.17. The average molecular weight is 421 g/mol. The molecule has 0 saturated carbocycles. The van der Waals surface area contributed by atoms with E-state index in [0.29, 0.717) is 34.3 Å². The van der Waals surface area contributed by atoms with Crippen LogP contribution in [0.3, 0.4) is 0 Å². The van der Waals surface area contributed by atoms with E-state index in [1.807, 2.05) is 25.3 Å². The van der Waals surface area contributed by atoms with E-state index in [9.17, 15) is 4.79 Å². The second-order valence-electron chi connectivity index (χ2n) is 6.75. The second kappa shape index (κ2) is 8.27. The first kappa shape index (κ1) is 19.5. The van der Waals surface area contributed by atoms with Gasteiger partial charge in [-0.05, 0) is 37.3 Å². The molecule has 0 fully saturated rings. The Bertz CT molecular complexity index is 1220. The molecule has 3 heterocycles. The van der Waals surface area contributed by atoms with Gasteiger partial charge in [-0.2, -0.15) is 15.5 Å². The summed E-state index contributed by atoms with van der Waals surface area (Å²) < 4.78 is 7.03. The number of nitrogens with zero attached hydrogens (tertiary/aromatic N) is 4. The number of benzene rings is 1. The molecule has 0 radical (unpaired) electrons. The maximum atomic E-state index is 12.5. The number of hydrogen-bond donors (Lipinski definition) is 2. The van der Waals surface area contributed by atoms with Gasteiger partial charge in [0.1, 0.15) is 17.5 Å². The van der Waals surface area contributed by atoms with Gasteiger partial charge in [0.25, 0.3) is 5.91 Å². The van der Waals surface area contributed by atoms with Gasteiger partial charge in [-0.15, -0.1) is 0 Å². The lowest BCUT2D eigenvalue weighted by Crippen LogP contribution is -2.36. The molecule has 0 spiro atoms. The smallest absolute Gasteiger partial charge is 0.269 e. The Kier molecular flexibility index (Phi) is 5.37. The van der Waals surface area contributed by atoms with Crippen molar-refractivity contribution in [2.75, 3.05) is 0 Å². The van der Waals surface area contributed by atoms with E-state index in [1.54, 1.807) is 47.3 Å². The quantitative estimate of drug-likeness (QED) is 0.491. The summed E-state index contributed by atoms with van der Waals surface area (Å²) in [6.45, 7) is 2.37. The van der Waals surface area contributed by atoms with Crippen LogP contribution in [0.2, 0.25) is 5.02 Å². The SMILES string of the molecule is CC(Cn1ccc(-c2ccc(C#N)c(Cl)c2)n1)NC(=O)c1cc(-c2ccco2)n[nH]1. The van der Waals surface area contributed by atoms with Crippen LogP contribution < -0.4 is 5.32 Å². The van der Waals surface area contributed by atoms with Gasteiger partial charge in [-0.25, -0.2) is 0 Å². The minimum atomic E-state index is -0.265. The van der Waals surface area contributed by atoms with Crippen molar-refractivity contribution in [1.82, 2.24) is 25.3 Å². The summed E-state index contributed by atoms with van der Waals surface area (Å²) in [5, 5.41) is 23.6. The highest BCUT2D eigenvalue weighted by Gasteiger charge is 2.15. The summed E-state index contributed by atoms with van der Waals surface area (Å²) in [5.74, 6) is 0.324. The molecule has 1 amide bonds. The van der Waals surface area contributed by atoms with Crippen molar-refractivity contribution in [2.45, 2.75) is 19.5 Å². The Morgan fingerprint density at radius 3 is 2.93 bits per heavy atom. The average Bonchev–Trinajstić information content (AvgIpc) is 3.48. The molecule has 8 nitrogen and oxygen atoms in total. The summed E-state index contributed by atoms with van der Waals surface area (Å²) in [5.41, 5.74) is 2.89. The molecular formula is C21H17ClN6O2. The molecule has 3 aromatic heterocycles. The van der Waals surface area contributed by atoms with Gasteiger partial charge in [0, 0.05) is 23.9 Å². The number of amides is 1. The Labute approximate surface area is 177 Å². The van der Waals surface area contributed by atoms with E-state index in [0.717, 1.165) is 11.3 Å². The molecule has 1 unspecified atom stereocenters. The topological polar surface area (TPSA) is 113 Å². The van der Waals surface area contributed by atoms with Crippen LogP contribution in [-0.2, 0) is 6.54 Å². The molecule has 1 atom stereocenters. The fourth-order valence-electron chi connectivity index (χ4n) is 3.00. The molecular weight excluding hydrogens is 404 g/mol. The van der Waals surface area contributed by atoms with Gasteiger partial charge in [-0.3, -0.25) is 14.6 Å². The molecule has 2 N–H and O–H groups in total. The number of rotatable bonds is 6. The highest BCUT2D eigenvalue weighted by atomic mass is 35.5. The molecule has 0 aliphatic carbocycles. The normalized spacial score (nSPS) is 11.8. The van der Waals surface area contributed by atoms with Crippen LogP contribution in [0, 0.1) is 11.3 Å². The number of nitriles is 1. The molecule has 4 rings (SSSR count). The van der Waals surface area contributed by atoms with Crippen LogP contribution >= 0.6 is 11.6 Å². The highest BCUT2D eigenvalue weighted by Crippen LogP contribution is 2.24. The van der Waals surface area contributed by atoms with E-state index in [4.69, 9.17) is 21.3 Å². The van der Waals surface area contributed by atoms with Crippen LogP contribution in [-0.4, -0.2) is 31.9 Å². The lowest BCUT2D eigenvalue weighted by Gasteiger charge is -2.13. The zero-order valence-corrected chi connectivity index (χ0v) is 16.7. The lowest BCUT2D eigenvalue weighted by atomic mass is 10.1. The van der Waals surface area contributed by atoms with E-state index in [1.165, 1.54) is 0 Å². The lowest BCUT2D eigenvalue weighted by molar-refractivity contribution is 0.0931. The van der Waals surface area contributed by atoms with Crippen molar-refractivity contribution < 1.29 is 9.21 Å². The first-order chi connectivity index (χ1) is 14.5. The van der Waals surface area contributed by atoms with Crippen LogP contribution in [0.4, 0.5) is 0 Å². The molecule has 9 heteroatoms. The predicted octanol–water partition coefficient (Wildman–Crippen LogP) is 3.88. The van der Waals surface area contributed by atoms with Crippen molar-refractivity contribution in [2.24, 2.45) is 0 Å². The predicted molar refractivity (Wildman–Crippen MR) is 111 cm³/mol. The highest BCUT2D eigenvalue weighted by molar-refractivity contribution is 6.32. The van der Waals surface area contributed by atoms with Gasteiger partial charge in [-0.1, -0.05) is 17.7 Å². The van der Waals surface area contributed by atoms with Crippen molar-refractivity contribution in [3.8, 4) is 28.8 Å². The number of hydrogen-bond acceptors (Lipinski definition) is 5. The van der Waals surface area contributed by atoms with Crippen molar-refractivity contribution in [1.29, 1.82) is 5.26 Å². The van der Waals surface area contributed by atoms with Gasteiger partial charge in [0.05, 0.1) is 29.1 Å². The number of aromatic nitrogens is 4. The maximum Gasteiger partial charge on any atom is 0.269 e. The molecule has 0 bridgehead atoms. The number of furan rings is 1. The minimum absolute atomic E-state index is 0.176. The molecule has 150 valence electrons. The van der Waals surface area contributed by atoms with Gasteiger partial charge >= 0.3 is 0 Å². The van der Waals surface area contributed by atoms with E-state index in [2.05, 4.69) is 20.6 Å². The fourth-order valence-corrected chi connectivity index (χ4v) is 3.22. The van der Waals surface area contributed by atoms with E-state index < -0.39 is 0 Å². The summed E-state index contributed by atoms with van der Waals surface area (Å²) in [6.07, 6.45) is 3.38. The number of carbonyl (C=O) groups excluding carboxylic acids is 1. The van der Waals surface area contributed by atoms with Crippen molar-refractivity contribution >= 4 is 17.5 Å². The largest absolute Gasteiger partial charge is 0.463 e. The van der Waals surface area contributed by atoms with E-state index >= 15 is 0 Å². The zero-order chi connectivity index (χ0) is 21.1. The molecule has 0 aliphatic heterocycles. The number of aromatic amines is 1. The third kappa shape index (κ3) is 4.11. The van der Waals surface area contributed by atoms with Crippen molar-refractivity contribution in [3.63, 3.8) is 0 Å². The van der Waals surface area contributed by atoms with E-state index in [-0.39, 0.29) is 11.9 Å². The Hall–Kier alpha value is -3.83. The number of nitrogens with one attached hydrogen (secondary N) is 2. The van der Waals surface area contributed by atoms with Gasteiger partial charge in [0.2, 0.25) is 0 Å². The number of H-pyrrole nitrogens is 1. The second-order valence-corrected chi connectivity index (χ2v) is 7.16. The third-order valence-electron chi connectivity index (χ3n) is 4.46. The Balaban J connectivity index is 1.39. The van der Waals surface area contributed by atoms with Crippen LogP contribution in [0.1, 0.15) is 23.0 Å². The standard InChI is InChI=1S/C21H17ClN6O2/c1-13(24-21(29)19-10-18(25-26-19)20-3-2-8-30-20)12-28-7-6-17(27-28)14-4-5-15(11-23)16(22)9-14/h2-10,13H,12H2,1H3,(H,24,29)(H,25,26). The monoisotopic (exact) mass is 420 g/mol. The minimum Gasteiger partial charge on any atom is -0.463 e. The summed E-state index contributed by atoms with van der Waals surface area (Å²) in [4.78, 5) is 12.5. The van der Waals surface area contributed by atoms with Crippen LogP contribution in [0.25, 0.3) is 22.7 Å². The number of carbonyl (C=O) groups is 1. The van der Waals surface area contributed by atoms with Gasteiger partial charge < -0.3 is 9.73 Å². The number of halogens is 1. The summed E-state index contributed by atoms with van der Waals surface area (Å²) in [7, 11) is 0. The summed E-state index contributed by atoms with van der Waals surface area (Å²) in [6, 6.07) is 14.1. The molecule has 0 aliphatic rings. The van der Waals surface area contributed by atoms with Crippen LogP contribution in [0.15, 0.2) is 59.3 Å². The molecule has 4 aromatic rings. The molecule has 1 aromatic carbocycles. The zero-order valence-electron chi connectivity index (χ0n) is 16.0. The van der Waals surface area contributed by atoms with Crippen molar-refractivity contribution in [3.05, 3.63) is 71.2 Å². The Morgan fingerprint density at radius 1 is 1.33 bits per heavy atom. The third-order valence-corrected chi connectivity index (χ3v) is 4.77. The van der Waals surface area contributed by atoms with Crippen LogP contribution in [0.5, 0.6) is 0 Å². The maximum absolute atomic E-state index is 12.5. The molecule has 30 heavy (non-hydrogen) atoms. The fraction of sp³-hybridized carbons (Fsp3) is 0.143. The van der Waals surface area contributed by atoms with Gasteiger partial charge in [0.15, 0.2) is 5.76 Å².